The summed E-state index contributed by atoms with van der Waals surface area (Å²) in [6.45, 7) is 3.86. The number of rotatable bonds is 2. The molecule has 0 bridgehead atoms. The maximum atomic E-state index is 10.2. The van der Waals surface area contributed by atoms with Gasteiger partial charge in [0.25, 0.3) is 0 Å². The zero-order valence-electron chi connectivity index (χ0n) is 23.8. The van der Waals surface area contributed by atoms with Crippen molar-refractivity contribution in [1.82, 2.24) is 0 Å². The molecule has 0 saturated heterocycles. The second kappa shape index (κ2) is 10.1. The number of benzene rings is 6. The molecule has 0 heterocycles. The standard InChI is InChI=1S/C27H22O2.C13H10/c1-17-15-19(11-13-25(17)28)27(20-12-14-26(29)18(2)16-20)23-9-5-3-7-21(23)22-8-4-6-10-24(22)27;1-3-7-12-10(5-1)9-11-6-2-4-8-13(11)12/h3-16,28-29H,1-2H3;1-8H,9H2. The first-order chi connectivity index (χ1) is 20.5. The topological polar surface area (TPSA) is 40.5 Å². The third kappa shape index (κ3) is 3.94. The van der Waals surface area contributed by atoms with E-state index in [9.17, 15) is 10.2 Å². The third-order valence-corrected chi connectivity index (χ3v) is 8.92. The molecule has 0 radical (unpaired) electrons. The van der Waals surface area contributed by atoms with Gasteiger partial charge in [0.1, 0.15) is 11.5 Å². The molecular weight excluding hydrogens is 512 g/mol. The molecule has 6 aromatic carbocycles. The highest BCUT2D eigenvalue weighted by molar-refractivity contribution is 5.86. The first kappa shape index (κ1) is 25.9. The quantitative estimate of drug-likeness (QED) is 0.228. The molecule has 42 heavy (non-hydrogen) atoms. The second-order valence-electron chi connectivity index (χ2n) is 11.3. The molecule has 0 aromatic heterocycles. The first-order valence-electron chi connectivity index (χ1n) is 14.4. The molecule has 2 aliphatic rings. The first-order valence-corrected chi connectivity index (χ1v) is 14.4. The molecule has 2 aliphatic carbocycles. The lowest BCUT2D eigenvalue weighted by molar-refractivity contribution is 0.470. The smallest absolute Gasteiger partial charge is 0.118 e. The highest BCUT2D eigenvalue weighted by atomic mass is 16.3. The molecule has 0 unspecified atom stereocenters. The minimum atomic E-state index is -0.510. The Balaban J connectivity index is 0.000000183. The molecule has 0 fully saturated rings. The number of aromatic hydroxyl groups is 2. The Labute approximate surface area is 247 Å². The highest BCUT2D eigenvalue weighted by Gasteiger charge is 2.46. The predicted octanol–water partition coefficient (Wildman–Crippen LogP) is 9.34. The molecule has 0 amide bonds. The lowest BCUT2D eigenvalue weighted by Crippen LogP contribution is -2.28. The minimum Gasteiger partial charge on any atom is -0.508 e. The van der Waals surface area contributed by atoms with Crippen molar-refractivity contribution in [3.8, 4) is 33.8 Å². The van der Waals surface area contributed by atoms with Crippen LogP contribution >= 0.6 is 0 Å². The average Bonchev–Trinajstić information content (AvgIpc) is 3.55. The SMILES string of the molecule is Cc1cc(C2(c3ccc(O)c(C)c3)c3ccccc3-c3ccccc32)ccc1O.c1ccc2c(c1)Cc1ccccc1-2. The molecule has 0 spiro atoms. The van der Waals surface area contributed by atoms with Crippen LogP contribution in [0.25, 0.3) is 22.3 Å². The van der Waals surface area contributed by atoms with E-state index in [0.717, 1.165) is 28.7 Å². The lowest BCUT2D eigenvalue weighted by atomic mass is 9.67. The fourth-order valence-electron chi connectivity index (χ4n) is 6.88. The van der Waals surface area contributed by atoms with Crippen molar-refractivity contribution in [2.24, 2.45) is 0 Å². The van der Waals surface area contributed by atoms with Gasteiger partial charge in [-0.25, -0.2) is 0 Å². The number of phenolic OH excluding ortho intramolecular Hbond substituents is 2. The van der Waals surface area contributed by atoms with Crippen molar-refractivity contribution >= 4 is 0 Å². The van der Waals surface area contributed by atoms with Gasteiger partial charge in [0, 0.05) is 0 Å². The van der Waals surface area contributed by atoms with Crippen LogP contribution in [-0.2, 0) is 11.8 Å². The number of hydrogen-bond donors (Lipinski definition) is 2. The van der Waals surface area contributed by atoms with Gasteiger partial charge in [-0.1, -0.05) is 121 Å². The Hall–Kier alpha value is -5.08. The van der Waals surface area contributed by atoms with Crippen LogP contribution in [0.5, 0.6) is 11.5 Å². The van der Waals surface area contributed by atoms with E-state index in [0.29, 0.717) is 11.5 Å². The summed E-state index contributed by atoms with van der Waals surface area (Å²) in [5, 5.41) is 20.4. The maximum Gasteiger partial charge on any atom is 0.118 e. The van der Waals surface area contributed by atoms with Gasteiger partial charge in [0.15, 0.2) is 0 Å². The van der Waals surface area contributed by atoms with Crippen molar-refractivity contribution in [2.75, 3.05) is 0 Å². The molecule has 2 N–H and O–H groups in total. The maximum absolute atomic E-state index is 10.2. The molecule has 204 valence electrons. The Kier molecular flexibility index (Phi) is 6.21. The molecule has 6 aromatic rings. The number of fused-ring (bicyclic) bond motifs is 6. The normalized spacial score (nSPS) is 13.3. The van der Waals surface area contributed by atoms with Gasteiger partial charge in [-0.15, -0.1) is 0 Å². The summed E-state index contributed by atoms with van der Waals surface area (Å²) >= 11 is 0. The number of hydrogen-bond acceptors (Lipinski definition) is 2. The lowest BCUT2D eigenvalue weighted by Gasteiger charge is -2.34. The van der Waals surface area contributed by atoms with Crippen molar-refractivity contribution in [3.63, 3.8) is 0 Å². The highest BCUT2D eigenvalue weighted by Crippen LogP contribution is 2.56. The van der Waals surface area contributed by atoms with Gasteiger partial charge in [-0.3, -0.25) is 0 Å². The summed E-state index contributed by atoms with van der Waals surface area (Å²) in [5.41, 5.74) is 14.0. The Morgan fingerprint density at radius 1 is 0.452 bits per heavy atom. The van der Waals surface area contributed by atoms with E-state index in [2.05, 4.69) is 109 Å². The van der Waals surface area contributed by atoms with E-state index in [1.807, 2.05) is 26.0 Å². The average molecular weight is 545 g/mol. The van der Waals surface area contributed by atoms with E-state index >= 15 is 0 Å². The van der Waals surface area contributed by atoms with Crippen LogP contribution in [0.15, 0.2) is 133 Å². The summed E-state index contributed by atoms with van der Waals surface area (Å²) < 4.78 is 0. The molecular formula is C40H32O2. The van der Waals surface area contributed by atoms with Gasteiger partial charge < -0.3 is 10.2 Å². The van der Waals surface area contributed by atoms with Crippen LogP contribution in [0, 0.1) is 13.8 Å². The second-order valence-corrected chi connectivity index (χ2v) is 11.3. The molecule has 2 nitrogen and oxygen atoms in total. The summed E-state index contributed by atoms with van der Waals surface area (Å²) in [6.07, 6.45) is 1.10. The van der Waals surface area contributed by atoms with E-state index in [1.54, 1.807) is 12.1 Å². The van der Waals surface area contributed by atoms with Gasteiger partial charge in [-0.2, -0.15) is 0 Å². The molecule has 0 aliphatic heterocycles. The summed E-state index contributed by atoms with van der Waals surface area (Å²) in [7, 11) is 0. The Bertz CT molecular complexity index is 1820. The molecule has 0 saturated carbocycles. The van der Waals surface area contributed by atoms with E-state index < -0.39 is 5.41 Å². The molecule has 2 heteroatoms. The van der Waals surface area contributed by atoms with Crippen LogP contribution in [0.2, 0.25) is 0 Å². The molecule has 0 atom stereocenters. The van der Waals surface area contributed by atoms with Gasteiger partial charge in [0.05, 0.1) is 5.41 Å². The van der Waals surface area contributed by atoms with Crippen LogP contribution < -0.4 is 0 Å². The fourth-order valence-corrected chi connectivity index (χ4v) is 6.88. The van der Waals surface area contributed by atoms with Crippen LogP contribution in [0.4, 0.5) is 0 Å². The van der Waals surface area contributed by atoms with E-state index in [4.69, 9.17) is 0 Å². The monoisotopic (exact) mass is 544 g/mol. The van der Waals surface area contributed by atoms with Crippen LogP contribution in [0.3, 0.4) is 0 Å². The minimum absolute atomic E-state index is 0.297. The Morgan fingerprint density at radius 2 is 0.833 bits per heavy atom. The van der Waals surface area contributed by atoms with Crippen LogP contribution in [0.1, 0.15) is 44.5 Å². The summed E-state index contributed by atoms with van der Waals surface area (Å²) in [5.74, 6) is 0.593. The van der Waals surface area contributed by atoms with Crippen molar-refractivity contribution in [3.05, 3.63) is 178 Å². The van der Waals surface area contributed by atoms with Crippen molar-refractivity contribution in [2.45, 2.75) is 25.7 Å². The summed E-state index contributed by atoms with van der Waals surface area (Å²) in [6, 6.07) is 46.1. The predicted molar refractivity (Wildman–Crippen MR) is 171 cm³/mol. The zero-order valence-corrected chi connectivity index (χ0v) is 23.8. The third-order valence-electron chi connectivity index (χ3n) is 8.92. The van der Waals surface area contributed by atoms with Gasteiger partial charge in [-0.05, 0) is 99.2 Å². The van der Waals surface area contributed by atoms with Crippen molar-refractivity contribution in [1.29, 1.82) is 0 Å². The van der Waals surface area contributed by atoms with E-state index in [1.165, 1.54) is 44.5 Å². The number of aryl methyl sites for hydroxylation is 2. The Morgan fingerprint density at radius 3 is 1.26 bits per heavy atom. The largest absolute Gasteiger partial charge is 0.508 e. The van der Waals surface area contributed by atoms with Gasteiger partial charge in [0.2, 0.25) is 0 Å². The number of phenols is 2. The molecule has 8 rings (SSSR count). The van der Waals surface area contributed by atoms with Crippen LogP contribution in [-0.4, -0.2) is 10.2 Å². The van der Waals surface area contributed by atoms with Gasteiger partial charge >= 0.3 is 0 Å². The van der Waals surface area contributed by atoms with E-state index in [-0.39, 0.29) is 0 Å². The van der Waals surface area contributed by atoms with Crippen molar-refractivity contribution < 1.29 is 10.2 Å². The summed E-state index contributed by atoms with van der Waals surface area (Å²) in [4.78, 5) is 0. The fraction of sp³-hybridized carbons (Fsp3) is 0.100. The zero-order chi connectivity index (χ0) is 28.8.